The van der Waals surface area contributed by atoms with Gasteiger partial charge in [-0.05, 0) is 43.8 Å². The topological polar surface area (TPSA) is 96.4 Å². The minimum absolute atomic E-state index is 0.0627. The number of amides is 1. The van der Waals surface area contributed by atoms with Crippen molar-refractivity contribution in [2.75, 3.05) is 25.4 Å². The summed E-state index contributed by atoms with van der Waals surface area (Å²) in [4.78, 5) is 28.7. The van der Waals surface area contributed by atoms with Gasteiger partial charge in [0.2, 0.25) is 0 Å². The van der Waals surface area contributed by atoms with Gasteiger partial charge in [0.15, 0.2) is 12.4 Å². The fraction of sp³-hybridized carbons (Fsp3) is 0.632. The molecule has 3 heterocycles. The number of carbonyl (C=O) groups is 2. The number of sulfonamides is 1. The van der Waals surface area contributed by atoms with E-state index in [0.717, 1.165) is 32.1 Å². The molecule has 1 aliphatic carbocycles. The van der Waals surface area contributed by atoms with E-state index in [9.17, 15) is 18.0 Å². The molecule has 152 valence electrons. The first kappa shape index (κ1) is 19.2. The largest absolute Gasteiger partial charge is 0.452 e. The zero-order valence-corrected chi connectivity index (χ0v) is 16.6. The molecule has 9 heteroatoms. The number of allylic oxidation sites excluding steroid dienone is 2. The summed E-state index contributed by atoms with van der Waals surface area (Å²) in [7, 11) is -3.59. The Morgan fingerprint density at radius 3 is 2.79 bits per heavy atom. The monoisotopic (exact) mass is 407 g/mol. The Morgan fingerprint density at radius 1 is 1.14 bits per heavy atom. The molecule has 0 N–H and O–H groups in total. The van der Waals surface area contributed by atoms with E-state index >= 15 is 0 Å². The minimum Gasteiger partial charge on any atom is -0.452 e. The van der Waals surface area contributed by atoms with Crippen LogP contribution in [0.2, 0.25) is 0 Å². The van der Waals surface area contributed by atoms with Gasteiger partial charge in [0.05, 0.1) is 5.75 Å². The molecule has 0 aromatic carbocycles. The zero-order chi connectivity index (χ0) is 19.7. The van der Waals surface area contributed by atoms with Crippen molar-refractivity contribution in [3.8, 4) is 0 Å². The van der Waals surface area contributed by atoms with Crippen LogP contribution in [0, 0.1) is 5.92 Å². The smallest absolute Gasteiger partial charge is 0.342 e. The number of likely N-dealkylation sites (tertiary alicyclic amines) is 1. The number of carbonyl (C=O) groups excluding carboxylic acids is 2. The lowest BCUT2D eigenvalue weighted by atomic mass is 9.78. The van der Waals surface area contributed by atoms with Crippen molar-refractivity contribution in [1.29, 1.82) is 0 Å². The van der Waals surface area contributed by atoms with E-state index in [4.69, 9.17) is 4.74 Å². The summed E-state index contributed by atoms with van der Waals surface area (Å²) in [5, 5.41) is 0. The molecule has 0 unspecified atom stereocenters. The van der Waals surface area contributed by atoms with Gasteiger partial charge in [-0.3, -0.25) is 4.79 Å². The quantitative estimate of drug-likeness (QED) is 0.653. The maximum absolute atomic E-state index is 12.7. The first-order valence-electron chi connectivity index (χ1n) is 9.89. The minimum atomic E-state index is -3.59. The lowest BCUT2D eigenvalue weighted by Gasteiger charge is -2.44. The van der Waals surface area contributed by atoms with Crippen LogP contribution in [0.1, 0.15) is 38.5 Å². The van der Waals surface area contributed by atoms with E-state index in [1.165, 1.54) is 12.5 Å². The normalized spacial score (nSPS) is 28.6. The highest BCUT2D eigenvalue weighted by molar-refractivity contribution is 7.90. The van der Waals surface area contributed by atoms with Crippen LogP contribution in [0.3, 0.4) is 0 Å². The van der Waals surface area contributed by atoms with Gasteiger partial charge in [0.1, 0.15) is 5.57 Å². The second-order valence-electron chi connectivity index (χ2n) is 7.73. The average Bonchev–Trinajstić information content (AvgIpc) is 2.70. The van der Waals surface area contributed by atoms with Crippen molar-refractivity contribution in [3.63, 3.8) is 0 Å². The van der Waals surface area contributed by atoms with E-state index < -0.39 is 16.0 Å². The Morgan fingerprint density at radius 2 is 1.93 bits per heavy atom. The molecule has 0 aromatic heterocycles. The lowest BCUT2D eigenvalue weighted by Crippen LogP contribution is -2.51. The lowest BCUT2D eigenvalue weighted by molar-refractivity contribution is -0.152. The summed E-state index contributed by atoms with van der Waals surface area (Å²) < 4.78 is 32.6. The highest BCUT2D eigenvalue weighted by atomic mass is 32.2. The number of fused-ring (bicyclic) bond motifs is 2. The predicted octanol–water partition coefficient (Wildman–Crippen LogP) is 1.21. The van der Waals surface area contributed by atoms with Crippen molar-refractivity contribution < 1.29 is 22.7 Å². The number of hydrogen-bond acceptors (Lipinski definition) is 6. The Kier molecular flexibility index (Phi) is 5.27. The molecular weight excluding hydrogens is 382 g/mol. The van der Waals surface area contributed by atoms with Crippen LogP contribution < -0.4 is 0 Å². The second kappa shape index (κ2) is 7.69. The highest BCUT2D eigenvalue weighted by Gasteiger charge is 2.36. The molecule has 0 bridgehead atoms. The van der Waals surface area contributed by atoms with Crippen LogP contribution in [0.4, 0.5) is 0 Å². The summed E-state index contributed by atoms with van der Waals surface area (Å²) in [6.07, 6.45) is 11.5. The van der Waals surface area contributed by atoms with Crippen LogP contribution >= 0.6 is 0 Å². The van der Waals surface area contributed by atoms with Crippen LogP contribution in [-0.4, -0.2) is 67.4 Å². The molecule has 4 rings (SSSR count). The van der Waals surface area contributed by atoms with Crippen molar-refractivity contribution in [2.24, 2.45) is 10.3 Å². The average molecular weight is 407 g/mol. The van der Waals surface area contributed by atoms with E-state index in [1.54, 1.807) is 17.2 Å². The molecular formula is C19H25N3O5S. The standard InChI is InChI=1S/C19H25N3O5S/c23-17(22-10-3-6-14-5-1-2-8-16(14)22)13-27-19(24)15-7-4-9-21-11-12-28(25,26)20-18(15)21/h4,7,9,14,16H,1-3,5-6,8,10-13H2/t14-,16+/m0/s1. The molecule has 8 nitrogen and oxygen atoms in total. The number of ether oxygens (including phenoxy) is 1. The van der Waals surface area contributed by atoms with E-state index in [1.807, 2.05) is 4.90 Å². The number of rotatable bonds is 3. The fourth-order valence-corrected chi connectivity index (χ4v) is 5.58. The third-order valence-corrected chi connectivity index (χ3v) is 7.12. The molecule has 2 atom stereocenters. The van der Waals surface area contributed by atoms with Crippen LogP contribution in [0.25, 0.3) is 0 Å². The summed E-state index contributed by atoms with van der Waals surface area (Å²) in [6, 6.07) is 0.258. The molecule has 2 fully saturated rings. The summed E-state index contributed by atoms with van der Waals surface area (Å²) in [6.45, 7) is 0.614. The molecule has 1 saturated carbocycles. The Balaban J connectivity index is 1.41. The van der Waals surface area contributed by atoms with E-state index in [0.29, 0.717) is 12.5 Å². The number of piperidine rings is 1. The van der Waals surface area contributed by atoms with Gasteiger partial charge in [0, 0.05) is 25.3 Å². The molecule has 1 amide bonds. The number of hydrogen-bond donors (Lipinski definition) is 0. The fourth-order valence-electron chi connectivity index (χ4n) is 4.60. The van der Waals surface area contributed by atoms with Gasteiger partial charge in [-0.15, -0.1) is 4.40 Å². The number of esters is 1. The molecule has 28 heavy (non-hydrogen) atoms. The highest BCUT2D eigenvalue weighted by Crippen LogP contribution is 2.35. The first-order valence-corrected chi connectivity index (χ1v) is 11.5. The Bertz CT molecular complexity index is 859. The maximum Gasteiger partial charge on any atom is 0.342 e. The molecule has 0 spiro atoms. The van der Waals surface area contributed by atoms with E-state index in [2.05, 4.69) is 4.40 Å². The van der Waals surface area contributed by atoms with Crippen molar-refractivity contribution in [3.05, 3.63) is 23.9 Å². The first-order chi connectivity index (χ1) is 13.4. The van der Waals surface area contributed by atoms with Gasteiger partial charge in [-0.1, -0.05) is 12.8 Å². The number of nitrogens with zero attached hydrogens (tertiary/aromatic N) is 3. The summed E-state index contributed by atoms with van der Waals surface area (Å²) in [5.41, 5.74) is 0.0627. The van der Waals surface area contributed by atoms with Crippen molar-refractivity contribution >= 4 is 27.7 Å². The Labute approximate surface area is 165 Å². The number of amidine groups is 1. The Hall–Kier alpha value is -2.16. The molecule has 0 aromatic rings. The van der Waals surface area contributed by atoms with Gasteiger partial charge < -0.3 is 14.5 Å². The molecule has 3 aliphatic heterocycles. The van der Waals surface area contributed by atoms with Gasteiger partial charge >= 0.3 is 5.97 Å². The third-order valence-electron chi connectivity index (χ3n) is 5.97. The van der Waals surface area contributed by atoms with Crippen molar-refractivity contribution in [2.45, 2.75) is 44.6 Å². The molecule has 1 saturated heterocycles. The summed E-state index contributed by atoms with van der Waals surface area (Å²) >= 11 is 0. The summed E-state index contributed by atoms with van der Waals surface area (Å²) in [5.74, 6) is -0.373. The molecule has 0 radical (unpaired) electrons. The van der Waals surface area contributed by atoms with Crippen LogP contribution in [0.5, 0.6) is 0 Å². The second-order valence-corrected chi connectivity index (χ2v) is 9.49. The zero-order valence-electron chi connectivity index (χ0n) is 15.7. The van der Waals surface area contributed by atoms with Crippen LogP contribution in [-0.2, 0) is 24.3 Å². The van der Waals surface area contributed by atoms with Crippen molar-refractivity contribution in [1.82, 2.24) is 9.80 Å². The van der Waals surface area contributed by atoms with Gasteiger partial charge in [0.25, 0.3) is 15.9 Å². The van der Waals surface area contributed by atoms with Crippen LogP contribution in [0.15, 0.2) is 28.3 Å². The van der Waals surface area contributed by atoms with Gasteiger partial charge in [-0.25, -0.2) is 13.2 Å². The predicted molar refractivity (Wildman–Crippen MR) is 103 cm³/mol. The van der Waals surface area contributed by atoms with Gasteiger partial charge in [-0.2, -0.15) is 0 Å². The molecule has 4 aliphatic rings. The maximum atomic E-state index is 12.7. The van der Waals surface area contributed by atoms with E-state index in [-0.39, 0.29) is 42.3 Å². The SMILES string of the molecule is O=C(OCC(=O)N1CCC[C@@H]2CCCC[C@H]21)C1=CC=CN2CCS(=O)(=O)N=C12. The third kappa shape index (κ3) is 3.85.